The van der Waals surface area contributed by atoms with Crippen LogP contribution >= 0.6 is 12.4 Å². The number of carboxylic acid groups (broad SMARTS) is 1. The highest BCUT2D eigenvalue weighted by atomic mass is 35.5. The fraction of sp³-hybridized carbons (Fsp3) is 0.400. The Hall–Kier alpha value is -2.94. The lowest BCUT2D eigenvalue weighted by Gasteiger charge is -2.41. The van der Waals surface area contributed by atoms with Gasteiger partial charge in [-0.15, -0.1) is 12.4 Å². The molecule has 8 nitrogen and oxygen atoms in total. The van der Waals surface area contributed by atoms with Crippen molar-refractivity contribution in [2.75, 3.05) is 26.3 Å². The molecule has 0 saturated carbocycles. The van der Waals surface area contributed by atoms with Gasteiger partial charge in [0.05, 0.1) is 38.9 Å². The number of aliphatic carboxylic acids is 1. The molecule has 4 rings (SSSR count). The van der Waals surface area contributed by atoms with E-state index >= 15 is 0 Å². The first-order valence-corrected chi connectivity index (χ1v) is 11.2. The number of rotatable bonds is 7. The van der Waals surface area contributed by atoms with Crippen LogP contribution in [-0.2, 0) is 16.0 Å². The van der Waals surface area contributed by atoms with Gasteiger partial charge in [0.2, 0.25) is 0 Å². The highest BCUT2D eigenvalue weighted by molar-refractivity contribution is 6.09. The summed E-state index contributed by atoms with van der Waals surface area (Å²) >= 11 is 0. The molecule has 2 heterocycles. The van der Waals surface area contributed by atoms with E-state index in [1.54, 1.807) is 36.5 Å². The van der Waals surface area contributed by atoms with Gasteiger partial charge in [0.15, 0.2) is 11.5 Å². The van der Waals surface area contributed by atoms with Gasteiger partial charge in [-0.3, -0.25) is 20.3 Å². The predicted octanol–water partition coefficient (Wildman–Crippen LogP) is 3.10. The first-order valence-electron chi connectivity index (χ1n) is 11.2. The van der Waals surface area contributed by atoms with E-state index in [-0.39, 0.29) is 30.5 Å². The quantitative estimate of drug-likeness (QED) is 0.455. The summed E-state index contributed by atoms with van der Waals surface area (Å²) in [6, 6.07) is 12.6. The van der Waals surface area contributed by atoms with E-state index in [1.807, 2.05) is 24.1 Å². The van der Waals surface area contributed by atoms with E-state index in [0.717, 1.165) is 24.2 Å². The Morgan fingerprint density at radius 1 is 1.18 bits per heavy atom. The molecule has 0 aromatic heterocycles. The van der Waals surface area contributed by atoms with Crippen molar-refractivity contribution in [1.82, 2.24) is 5.01 Å². The molecule has 2 atom stereocenters. The predicted molar refractivity (Wildman–Crippen MR) is 131 cm³/mol. The van der Waals surface area contributed by atoms with Gasteiger partial charge in [-0.1, -0.05) is 31.2 Å². The second kappa shape index (κ2) is 11.0. The minimum atomic E-state index is -1.03. The molecule has 182 valence electrons. The topological polar surface area (TPSA) is 114 Å². The molecule has 0 bridgehead atoms. The van der Waals surface area contributed by atoms with Crippen LogP contribution in [0.15, 0.2) is 47.6 Å². The van der Waals surface area contributed by atoms with Gasteiger partial charge in [0, 0.05) is 17.0 Å². The maximum Gasteiger partial charge on any atom is 0.303 e. The summed E-state index contributed by atoms with van der Waals surface area (Å²) in [6.45, 7) is 4.78. The SMILES string of the molecule is CCC1(N)Oc2ccc(C(=O)c3ccc(C=NN4CCOCC4)cc3)cc2CC1CC(=O)O.Cl. The number of nitrogens with zero attached hydrogens (tertiary/aromatic N) is 2. The normalized spacial score (nSPS) is 21.9. The number of nitrogens with two attached hydrogens (primary N) is 1. The molecule has 2 aromatic carbocycles. The third-order valence-corrected chi connectivity index (χ3v) is 6.28. The van der Waals surface area contributed by atoms with Crippen LogP contribution in [0.5, 0.6) is 5.75 Å². The van der Waals surface area contributed by atoms with Gasteiger partial charge in [0.25, 0.3) is 0 Å². The molecule has 1 saturated heterocycles. The van der Waals surface area contributed by atoms with Gasteiger partial charge >= 0.3 is 5.97 Å². The number of carbonyl (C=O) groups excluding carboxylic acids is 1. The fourth-order valence-electron chi connectivity index (χ4n) is 4.23. The lowest BCUT2D eigenvalue weighted by Crippen LogP contribution is -2.55. The number of hydrogen-bond donors (Lipinski definition) is 2. The van der Waals surface area contributed by atoms with E-state index in [1.165, 1.54) is 0 Å². The van der Waals surface area contributed by atoms with Crippen molar-refractivity contribution in [3.05, 3.63) is 64.7 Å². The van der Waals surface area contributed by atoms with Crippen LogP contribution in [0.25, 0.3) is 0 Å². The van der Waals surface area contributed by atoms with E-state index in [9.17, 15) is 14.7 Å². The highest BCUT2D eigenvalue weighted by Crippen LogP contribution is 2.38. The van der Waals surface area contributed by atoms with Crippen molar-refractivity contribution in [2.24, 2.45) is 16.8 Å². The minimum Gasteiger partial charge on any atom is -0.481 e. The Kier molecular flexibility index (Phi) is 8.30. The molecule has 2 unspecified atom stereocenters. The molecule has 0 spiro atoms. The van der Waals surface area contributed by atoms with E-state index in [4.69, 9.17) is 15.2 Å². The summed E-state index contributed by atoms with van der Waals surface area (Å²) in [5, 5.41) is 15.7. The van der Waals surface area contributed by atoms with Gasteiger partial charge in [-0.25, -0.2) is 0 Å². The van der Waals surface area contributed by atoms with Gasteiger partial charge in [0.1, 0.15) is 5.75 Å². The largest absolute Gasteiger partial charge is 0.481 e. The zero-order chi connectivity index (χ0) is 23.4. The molecule has 3 N–H and O–H groups in total. The summed E-state index contributed by atoms with van der Waals surface area (Å²) in [6.07, 6.45) is 2.64. The number of carboxylic acids is 1. The molecule has 2 aliphatic rings. The van der Waals surface area contributed by atoms with E-state index in [0.29, 0.717) is 42.9 Å². The van der Waals surface area contributed by atoms with Gasteiger partial charge in [-0.2, -0.15) is 5.10 Å². The van der Waals surface area contributed by atoms with Crippen molar-refractivity contribution in [3.63, 3.8) is 0 Å². The summed E-state index contributed by atoms with van der Waals surface area (Å²) in [5.74, 6) is -0.792. The Bertz CT molecular complexity index is 1050. The number of fused-ring (bicyclic) bond motifs is 1. The van der Waals surface area contributed by atoms with Crippen molar-refractivity contribution < 1.29 is 24.2 Å². The maximum atomic E-state index is 13.1. The van der Waals surface area contributed by atoms with E-state index in [2.05, 4.69) is 5.10 Å². The van der Waals surface area contributed by atoms with Crippen molar-refractivity contribution in [1.29, 1.82) is 0 Å². The van der Waals surface area contributed by atoms with Crippen molar-refractivity contribution in [2.45, 2.75) is 31.9 Å². The number of hydrazone groups is 1. The third-order valence-electron chi connectivity index (χ3n) is 6.28. The number of benzene rings is 2. The molecule has 9 heteroatoms. The van der Waals surface area contributed by atoms with Gasteiger partial charge < -0.3 is 14.6 Å². The molecule has 0 amide bonds. The van der Waals surface area contributed by atoms with Crippen LogP contribution in [-0.4, -0.2) is 60.1 Å². The molecule has 0 radical (unpaired) electrons. The van der Waals surface area contributed by atoms with Crippen LogP contribution in [0.3, 0.4) is 0 Å². The lowest BCUT2D eigenvalue weighted by molar-refractivity contribution is -0.141. The first kappa shape index (κ1) is 25.7. The standard InChI is InChI=1S/C25H29N3O5.ClH/c1-2-25(26)21(15-23(29)30)14-20-13-19(7-8-22(20)33-25)24(31)18-5-3-17(4-6-18)16-27-28-9-11-32-12-10-28;/h3-8,13,16,21H,2,9-12,14-15,26H2,1H3,(H,29,30);1H. The van der Waals surface area contributed by atoms with E-state index < -0.39 is 11.7 Å². The lowest BCUT2D eigenvalue weighted by atomic mass is 9.82. The molecular weight excluding hydrogens is 458 g/mol. The molecule has 0 aliphatic carbocycles. The second-order valence-corrected chi connectivity index (χ2v) is 8.49. The number of carbonyl (C=O) groups is 2. The number of halogens is 1. The van der Waals surface area contributed by atoms with Crippen molar-refractivity contribution in [3.8, 4) is 5.75 Å². The zero-order valence-electron chi connectivity index (χ0n) is 19.1. The van der Waals surface area contributed by atoms with Crippen LogP contribution < -0.4 is 10.5 Å². The van der Waals surface area contributed by atoms with Gasteiger partial charge in [-0.05, 0) is 42.2 Å². The first-order chi connectivity index (χ1) is 15.9. The second-order valence-electron chi connectivity index (χ2n) is 8.49. The number of ether oxygens (including phenoxy) is 2. The Morgan fingerprint density at radius 3 is 2.50 bits per heavy atom. The molecule has 2 aliphatic heterocycles. The molecule has 34 heavy (non-hydrogen) atoms. The van der Waals surface area contributed by atoms with Crippen LogP contribution in [0.4, 0.5) is 0 Å². The summed E-state index contributed by atoms with van der Waals surface area (Å²) in [4.78, 5) is 24.4. The third kappa shape index (κ3) is 5.75. The Labute approximate surface area is 205 Å². The average molecular weight is 488 g/mol. The van der Waals surface area contributed by atoms with Crippen LogP contribution in [0.1, 0.15) is 46.8 Å². The van der Waals surface area contributed by atoms with Crippen LogP contribution in [0.2, 0.25) is 0 Å². The molecular formula is C25H30ClN3O5. The summed E-state index contributed by atoms with van der Waals surface area (Å²) in [7, 11) is 0. The number of ketones is 1. The number of morpholine rings is 1. The molecule has 2 aromatic rings. The average Bonchev–Trinajstić information content (AvgIpc) is 2.83. The Morgan fingerprint density at radius 2 is 1.85 bits per heavy atom. The minimum absolute atomic E-state index is 0. The smallest absolute Gasteiger partial charge is 0.303 e. The fourth-order valence-corrected chi connectivity index (χ4v) is 4.23. The zero-order valence-corrected chi connectivity index (χ0v) is 19.9. The van der Waals surface area contributed by atoms with Crippen LogP contribution in [0, 0.1) is 5.92 Å². The Balaban J connectivity index is 0.00000324. The summed E-state index contributed by atoms with van der Waals surface area (Å²) in [5.41, 5.74) is 8.15. The van der Waals surface area contributed by atoms with Crippen molar-refractivity contribution >= 4 is 30.4 Å². The summed E-state index contributed by atoms with van der Waals surface area (Å²) < 4.78 is 11.3. The highest BCUT2D eigenvalue weighted by Gasteiger charge is 2.41. The monoisotopic (exact) mass is 487 g/mol. The molecule has 1 fully saturated rings. The maximum absolute atomic E-state index is 13.1. The number of hydrogen-bond acceptors (Lipinski definition) is 7.